The van der Waals surface area contributed by atoms with Gasteiger partial charge in [-0.25, -0.2) is 0 Å². The summed E-state index contributed by atoms with van der Waals surface area (Å²) < 4.78 is 2.01. The summed E-state index contributed by atoms with van der Waals surface area (Å²) in [5.74, 6) is 1.69. The number of rotatable bonds is 2. The first-order valence-corrected chi connectivity index (χ1v) is 6.99. The lowest BCUT2D eigenvalue weighted by Gasteiger charge is -2.18. The van der Waals surface area contributed by atoms with Crippen LogP contribution in [0.1, 0.15) is 11.1 Å². The fourth-order valence-corrected chi connectivity index (χ4v) is 2.92. The van der Waals surface area contributed by atoms with Crippen molar-refractivity contribution in [2.75, 3.05) is 11.4 Å². The predicted molar refractivity (Wildman–Crippen MR) is 80.5 cm³/mol. The molecule has 0 fully saturated rings. The minimum Gasteiger partial charge on any atom is -0.310 e. The van der Waals surface area contributed by atoms with Gasteiger partial charge in [0.1, 0.15) is 0 Å². The topological polar surface area (TPSA) is 62.6 Å². The largest absolute Gasteiger partial charge is 0.310 e. The van der Waals surface area contributed by atoms with Gasteiger partial charge in [-0.05, 0) is 25.0 Å². The SMILES string of the molecule is Cc1ccc2c(c1)CCN2c1nnc(-c2cn[nH]c2)n1C. The number of hydrogen-bond donors (Lipinski definition) is 1. The highest BCUT2D eigenvalue weighted by Gasteiger charge is 2.25. The van der Waals surface area contributed by atoms with E-state index in [-0.39, 0.29) is 0 Å². The van der Waals surface area contributed by atoms with Gasteiger partial charge in [0.15, 0.2) is 5.82 Å². The summed E-state index contributed by atoms with van der Waals surface area (Å²) in [6, 6.07) is 6.57. The van der Waals surface area contributed by atoms with E-state index in [1.54, 1.807) is 6.20 Å². The summed E-state index contributed by atoms with van der Waals surface area (Å²) >= 11 is 0. The molecule has 6 heteroatoms. The molecule has 0 amide bonds. The molecule has 0 unspecified atom stereocenters. The molecule has 1 aliphatic rings. The number of aromatic amines is 1. The van der Waals surface area contributed by atoms with Gasteiger partial charge >= 0.3 is 0 Å². The molecule has 106 valence electrons. The Morgan fingerprint density at radius 2 is 2.14 bits per heavy atom. The number of anilines is 2. The van der Waals surface area contributed by atoms with Crippen LogP contribution < -0.4 is 4.90 Å². The lowest BCUT2D eigenvalue weighted by molar-refractivity contribution is 0.857. The van der Waals surface area contributed by atoms with Crippen molar-refractivity contribution in [1.29, 1.82) is 0 Å². The number of hydrogen-bond acceptors (Lipinski definition) is 4. The first kappa shape index (κ1) is 12.1. The van der Waals surface area contributed by atoms with Gasteiger partial charge in [-0.1, -0.05) is 17.7 Å². The van der Waals surface area contributed by atoms with Crippen LogP contribution in [0.25, 0.3) is 11.4 Å². The van der Waals surface area contributed by atoms with E-state index < -0.39 is 0 Å². The van der Waals surface area contributed by atoms with Crippen LogP contribution in [-0.4, -0.2) is 31.5 Å². The number of aryl methyl sites for hydroxylation is 1. The van der Waals surface area contributed by atoms with Crippen molar-refractivity contribution in [3.05, 3.63) is 41.7 Å². The molecule has 0 aliphatic carbocycles. The molecule has 1 aliphatic heterocycles. The Hall–Kier alpha value is -2.63. The molecular formula is C15H16N6. The van der Waals surface area contributed by atoms with Gasteiger partial charge in [-0.15, -0.1) is 10.2 Å². The highest BCUT2D eigenvalue weighted by Crippen LogP contribution is 2.34. The van der Waals surface area contributed by atoms with Crippen molar-refractivity contribution in [3.8, 4) is 11.4 Å². The predicted octanol–water partition coefficient (Wildman–Crippen LogP) is 2.21. The van der Waals surface area contributed by atoms with Crippen molar-refractivity contribution in [2.24, 2.45) is 7.05 Å². The van der Waals surface area contributed by atoms with E-state index in [1.165, 1.54) is 16.8 Å². The maximum absolute atomic E-state index is 4.37. The van der Waals surface area contributed by atoms with E-state index in [9.17, 15) is 0 Å². The first-order valence-electron chi connectivity index (χ1n) is 6.99. The van der Waals surface area contributed by atoms with Crippen LogP contribution >= 0.6 is 0 Å². The first-order chi connectivity index (χ1) is 10.2. The van der Waals surface area contributed by atoms with Gasteiger partial charge < -0.3 is 4.90 Å². The third-order valence-corrected chi connectivity index (χ3v) is 3.98. The van der Waals surface area contributed by atoms with Gasteiger partial charge in [-0.2, -0.15) is 5.10 Å². The monoisotopic (exact) mass is 280 g/mol. The molecule has 2 aromatic heterocycles. The second-order valence-electron chi connectivity index (χ2n) is 5.40. The van der Waals surface area contributed by atoms with E-state index in [1.807, 2.05) is 17.8 Å². The van der Waals surface area contributed by atoms with Crippen LogP contribution in [0.5, 0.6) is 0 Å². The third kappa shape index (κ3) is 1.83. The number of aromatic nitrogens is 5. The average Bonchev–Trinajstić information content (AvgIpc) is 3.17. The van der Waals surface area contributed by atoms with Gasteiger partial charge in [0.2, 0.25) is 5.95 Å². The molecule has 0 atom stereocenters. The fraction of sp³-hybridized carbons (Fsp3) is 0.267. The van der Waals surface area contributed by atoms with Crippen LogP contribution in [0, 0.1) is 6.92 Å². The number of H-pyrrole nitrogens is 1. The molecular weight excluding hydrogens is 264 g/mol. The van der Waals surface area contributed by atoms with Crippen LogP contribution in [0.15, 0.2) is 30.6 Å². The van der Waals surface area contributed by atoms with Crippen molar-refractivity contribution in [3.63, 3.8) is 0 Å². The summed E-state index contributed by atoms with van der Waals surface area (Å²) in [4.78, 5) is 2.23. The highest BCUT2D eigenvalue weighted by atomic mass is 15.4. The van der Waals surface area contributed by atoms with E-state index in [4.69, 9.17) is 0 Å². The second-order valence-corrected chi connectivity index (χ2v) is 5.40. The molecule has 0 bridgehead atoms. The van der Waals surface area contributed by atoms with Gasteiger partial charge in [-0.3, -0.25) is 9.67 Å². The lowest BCUT2D eigenvalue weighted by atomic mass is 10.1. The molecule has 0 spiro atoms. The molecule has 3 aromatic rings. The van der Waals surface area contributed by atoms with E-state index in [0.29, 0.717) is 0 Å². The van der Waals surface area contributed by atoms with E-state index in [0.717, 1.165) is 30.3 Å². The van der Waals surface area contributed by atoms with Gasteiger partial charge in [0.25, 0.3) is 0 Å². The number of nitrogens with zero attached hydrogens (tertiary/aromatic N) is 5. The smallest absolute Gasteiger partial charge is 0.231 e. The van der Waals surface area contributed by atoms with Gasteiger partial charge in [0.05, 0.1) is 11.8 Å². The Morgan fingerprint density at radius 3 is 2.95 bits per heavy atom. The second kappa shape index (κ2) is 4.44. The Labute approximate surface area is 122 Å². The minimum absolute atomic E-state index is 0.819. The summed E-state index contributed by atoms with van der Waals surface area (Å²) in [5, 5.41) is 15.5. The van der Waals surface area contributed by atoms with Crippen molar-refractivity contribution in [1.82, 2.24) is 25.0 Å². The molecule has 0 saturated carbocycles. The molecule has 21 heavy (non-hydrogen) atoms. The maximum atomic E-state index is 4.37. The Bertz CT molecular complexity index is 787. The molecule has 0 radical (unpaired) electrons. The Kier molecular flexibility index (Phi) is 2.57. The van der Waals surface area contributed by atoms with E-state index in [2.05, 4.69) is 50.4 Å². The number of benzene rings is 1. The molecule has 0 saturated heterocycles. The maximum Gasteiger partial charge on any atom is 0.231 e. The standard InChI is InChI=1S/C15H16N6/c1-10-3-4-13-11(7-10)5-6-21(13)15-19-18-14(20(15)2)12-8-16-17-9-12/h3-4,7-9H,5-6H2,1-2H3,(H,16,17). The van der Waals surface area contributed by atoms with Crippen LogP contribution in [0.4, 0.5) is 11.6 Å². The van der Waals surface area contributed by atoms with Crippen LogP contribution in [0.2, 0.25) is 0 Å². The normalized spacial score (nSPS) is 13.7. The zero-order valence-electron chi connectivity index (χ0n) is 12.0. The lowest BCUT2D eigenvalue weighted by Crippen LogP contribution is -2.17. The third-order valence-electron chi connectivity index (χ3n) is 3.98. The van der Waals surface area contributed by atoms with Crippen LogP contribution in [-0.2, 0) is 13.5 Å². The van der Waals surface area contributed by atoms with Crippen molar-refractivity contribution >= 4 is 11.6 Å². The molecule has 4 rings (SSSR count). The summed E-state index contributed by atoms with van der Waals surface area (Å²) in [6.45, 7) is 3.07. The highest BCUT2D eigenvalue weighted by molar-refractivity contribution is 5.68. The molecule has 1 aromatic carbocycles. The Morgan fingerprint density at radius 1 is 1.24 bits per heavy atom. The quantitative estimate of drug-likeness (QED) is 0.781. The van der Waals surface area contributed by atoms with E-state index >= 15 is 0 Å². The van der Waals surface area contributed by atoms with Crippen LogP contribution in [0.3, 0.4) is 0 Å². The molecule has 3 heterocycles. The summed E-state index contributed by atoms with van der Waals surface area (Å²) in [7, 11) is 1.99. The number of nitrogens with one attached hydrogen (secondary N) is 1. The van der Waals surface area contributed by atoms with Crippen molar-refractivity contribution in [2.45, 2.75) is 13.3 Å². The zero-order valence-corrected chi connectivity index (χ0v) is 12.0. The molecule has 6 nitrogen and oxygen atoms in total. The summed E-state index contributed by atoms with van der Waals surface area (Å²) in [5.41, 5.74) is 4.85. The summed E-state index contributed by atoms with van der Waals surface area (Å²) in [6.07, 6.45) is 4.63. The molecule has 1 N–H and O–H groups in total. The average molecular weight is 280 g/mol. The van der Waals surface area contributed by atoms with Crippen molar-refractivity contribution < 1.29 is 0 Å². The minimum atomic E-state index is 0.819. The Balaban J connectivity index is 1.77. The fourth-order valence-electron chi connectivity index (χ4n) is 2.92. The number of fused-ring (bicyclic) bond motifs is 1. The van der Waals surface area contributed by atoms with Gasteiger partial charge in [0, 0.05) is 25.5 Å². The zero-order chi connectivity index (χ0) is 14.4.